The Kier molecular flexibility index (Phi) is 3.45. The zero-order valence-corrected chi connectivity index (χ0v) is 11.0. The number of carbonyl (C=O) groups is 1. The van der Waals surface area contributed by atoms with Crippen LogP contribution in [0.15, 0.2) is 18.2 Å². The van der Waals surface area contributed by atoms with E-state index in [0.717, 1.165) is 17.8 Å². The van der Waals surface area contributed by atoms with Crippen molar-refractivity contribution < 1.29 is 4.79 Å². The Morgan fingerprint density at radius 2 is 2.32 bits per heavy atom. The number of carbonyl (C=O) groups excluding carboxylic acids is 1. The third-order valence-corrected chi connectivity index (χ3v) is 3.83. The van der Waals surface area contributed by atoms with Crippen molar-refractivity contribution in [3.8, 4) is 6.07 Å². The lowest BCUT2D eigenvalue weighted by molar-refractivity contribution is -0.125. The first-order valence-electron chi connectivity index (χ1n) is 6.28. The Hall–Kier alpha value is -2.06. The Morgan fingerprint density at radius 3 is 2.84 bits per heavy atom. The molecule has 0 spiro atoms. The molecule has 1 fully saturated rings. The number of nitrogens with zero attached hydrogens (tertiary/aromatic N) is 2. The van der Waals surface area contributed by atoms with E-state index < -0.39 is 5.41 Å². The first-order valence-corrected chi connectivity index (χ1v) is 6.28. The minimum atomic E-state index is -0.515. The summed E-state index contributed by atoms with van der Waals surface area (Å²) in [6.45, 7) is 3.57. The lowest BCUT2D eigenvalue weighted by Gasteiger charge is -2.23. The van der Waals surface area contributed by atoms with Gasteiger partial charge in [0.2, 0.25) is 5.91 Å². The van der Waals surface area contributed by atoms with Gasteiger partial charge in [-0.3, -0.25) is 4.79 Å². The molecule has 1 atom stereocenters. The van der Waals surface area contributed by atoms with E-state index in [4.69, 9.17) is 11.5 Å². The number of nitrogens with two attached hydrogens (primary N) is 2. The van der Waals surface area contributed by atoms with Crippen molar-refractivity contribution in [1.29, 1.82) is 5.26 Å². The van der Waals surface area contributed by atoms with Crippen LogP contribution in [0.3, 0.4) is 0 Å². The summed E-state index contributed by atoms with van der Waals surface area (Å²) < 4.78 is 0. The molecule has 1 amide bonds. The number of benzene rings is 1. The zero-order chi connectivity index (χ0) is 14.0. The average Bonchev–Trinajstić information content (AvgIpc) is 2.82. The van der Waals surface area contributed by atoms with Crippen molar-refractivity contribution in [2.24, 2.45) is 16.9 Å². The predicted octanol–water partition coefficient (Wildman–Crippen LogP) is 0.719. The van der Waals surface area contributed by atoms with Crippen molar-refractivity contribution in [3.63, 3.8) is 0 Å². The van der Waals surface area contributed by atoms with Crippen LogP contribution in [-0.2, 0) is 11.3 Å². The van der Waals surface area contributed by atoms with Gasteiger partial charge in [-0.05, 0) is 31.0 Å². The van der Waals surface area contributed by atoms with Gasteiger partial charge >= 0.3 is 0 Å². The van der Waals surface area contributed by atoms with E-state index >= 15 is 0 Å². The highest BCUT2D eigenvalue weighted by molar-refractivity contribution is 5.82. The van der Waals surface area contributed by atoms with Crippen LogP contribution >= 0.6 is 0 Å². The van der Waals surface area contributed by atoms with Gasteiger partial charge in [0.1, 0.15) is 6.07 Å². The molecule has 100 valence electrons. The molecule has 1 aliphatic heterocycles. The monoisotopic (exact) mass is 258 g/mol. The second-order valence-corrected chi connectivity index (χ2v) is 5.26. The summed E-state index contributed by atoms with van der Waals surface area (Å²) >= 11 is 0. The molecule has 1 aromatic rings. The van der Waals surface area contributed by atoms with Gasteiger partial charge in [0.25, 0.3) is 0 Å². The number of rotatable bonds is 3. The van der Waals surface area contributed by atoms with E-state index in [9.17, 15) is 10.1 Å². The molecule has 0 aliphatic carbocycles. The Labute approximate surface area is 112 Å². The fourth-order valence-electron chi connectivity index (χ4n) is 2.44. The summed E-state index contributed by atoms with van der Waals surface area (Å²) in [5.74, 6) is -0.285. The van der Waals surface area contributed by atoms with Crippen molar-refractivity contribution in [2.75, 3.05) is 18.0 Å². The second kappa shape index (κ2) is 4.90. The maximum Gasteiger partial charge on any atom is 0.225 e. The van der Waals surface area contributed by atoms with Gasteiger partial charge in [-0.25, -0.2) is 0 Å². The molecule has 1 aliphatic rings. The highest BCUT2D eigenvalue weighted by Crippen LogP contribution is 2.34. The van der Waals surface area contributed by atoms with E-state index in [1.807, 2.05) is 24.0 Å². The first kappa shape index (κ1) is 13.4. The lowest BCUT2D eigenvalue weighted by Crippen LogP contribution is -2.37. The summed E-state index contributed by atoms with van der Waals surface area (Å²) in [4.78, 5) is 13.5. The predicted molar refractivity (Wildman–Crippen MR) is 73.2 cm³/mol. The van der Waals surface area contributed by atoms with Gasteiger partial charge in [0.15, 0.2) is 0 Å². The molecule has 0 bridgehead atoms. The van der Waals surface area contributed by atoms with Gasteiger partial charge in [-0.1, -0.05) is 6.07 Å². The quantitative estimate of drug-likeness (QED) is 0.834. The van der Waals surface area contributed by atoms with Crippen LogP contribution in [0.1, 0.15) is 24.5 Å². The third kappa shape index (κ3) is 2.40. The molecule has 1 heterocycles. The number of amides is 1. The van der Waals surface area contributed by atoms with Crippen LogP contribution in [0.4, 0.5) is 5.69 Å². The molecular formula is C14H18N4O. The Balaban J connectivity index is 2.30. The molecule has 5 heteroatoms. The van der Waals surface area contributed by atoms with E-state index in [1.165, 1.54) is 0 Å². The normalized spacial score (nSPS) is 22.3. The van der Waals surface area contributed by atoms with E-state index in [0.29, 0.717) is 25.1 Å². The third-order valence-electron chi connectivity index (χ3n) is 3.83. The summed E-state index contributed by atoms with van der Waals surface area (Å²) in [6.07, 6.45) is 0.714. The van der Waals surface area contributed by atoms with Gasteiger partial charge < -0.3 is 16.4 Å². The molecule has 4 N–H and O–H groups in total. The van der Waals surface area contributed by atoms with E-state index in [2.05, 4.69) is 6.07 Å². The zero-order valence-electron chi connectivity index (χ0n) is 11.0. The van der Waals surface area contributed by atoms with Gasteiger partial charge in [-0.15, -0.1) is 0 Å². The number of hydrogen-bond acceptors (Lipinski definition) is 4. The maximum atomic E-state index is 11.5. The smallest absolute Gasteiger partial charge is 0.225 e. The largest absolute Gasteiger partial charge is 0.369 e. The number of hydrogen-bond donors (Lipinski definition) is 2. The molecule has 5 nitrogen and oxygen atoms in total. The fourth-order valence-corrected chi connectivity index (χ4v) is 2.44. The summed E-state index contributed by atoms with van der Waals surface area (Å²) in [6, 6.07) is 7.80. The molecule has 1 saturated heterocycles. The molecule has 1 unspecified atom stereocenters. The highest BCUT2D eigenvalue weighted by atomic mass is 16.1. The number of anilines is 1. The Morgan fingerprint density at radius 1 is 1.58 bits per heavy atom. The van der Waals surface area contributed by atoms with Crippen LogP contribution in [-0.4, -0.2) is 19.0 Å². The number of nitriles is 1. The topological polar surface area (TPSA) is 96.1 Å². The first-order chi connectivity index (χ1) is 9.00. The maximum absolute atomic E-state index is 11.5. The van der Waals surface area contributed by atoms with Crippen molar-refractivity contribution in [1.82, 2.24) is 0 Å². The second-order valence-electron chi connectivity index (χ2n) is 5.26. The van der Waals surface area contributed by atoms with Crippen LogP contribution in [0.5, 0.6) is 0 Å². The molecule has 19 heavy (non-hydrogen) atoms. The molecule has 0 radical (unpaired) electrons. The average molecular weight is 258 g/mol. The number of primary amides is 1. The minimum Gasteiger partial charge on any atom is -0.369 e. The van der Waals surface area contributed by atoms with Crippen molar-refractivity contribution >= 4 is 11.6 Å². The minimum absolute atomic E-state index is 0.285. The Bertz CT molecular complexity index is 549. The van der Waals surface area contributed by atoms with Crippen LogP contribution in [0, 0.1) is 16.7 Å². The van der Waals surface area contributed by atoms with Gasteiger partial charge in [0.05, 0.1) is 16.7 Å². The molecule has 0 saturated carbocycles. The highest BCUT2D eigenvalue weighted by Gasteiger charge is 2.39. The van der Waals surface area contributed by atoms with Crippen molar-refractivity contribution in [3.05, 3.63) is 29.3 Å². The van der Waals surface area contributed by atoms with Crippen LogP contribution < -0.4 is 16.4 Å². The van der Waals surface area contributed by atoms with Crippen LogP contribution in [0.2, 0.25) is 0 Å². The molecule has 1 aromatic carbocycles. The van der Waals surface area contributed by atoms with Crippen molar-refractivity contribution in [2.45, 2.75) is 19.9 Å². The van der Waals surface area contributed by atoms with E-state index in [1.54, 1.807) is 6.07 Å². The summed E-state index contributed by atoms with van der Waals surface area (Å²) in [5, 5.41) is 9.23. The van der Waals surface area contributed by atoms with Gasteiger partial charge in [0, 0.05) is 19.6 Å². The van der Waals surface area contributed by atoms with E-state index in [-0.39, 0.29) is 5.91 Å². The molecule has 2 rings (SSSR count). The summed E-state index contributed by atoms with van der Waals surface area (Å²) in [5.41, 5.74) is 12.9. The standard InChI is InChI=1S/C14H18N4O/c1-14(13(17)19)4-5-18(9-14)12-3-2-10(7-15)6-11(12)8-16/h2-3,6H,4-5,7,9,15H2,1H3,(H2,17,19). The molecular weight excluding hydrogens is 240 g/mol. The molecule has 0 aromatic heterocycles. The van der Waals surface area contributed by atoms with Crippen LogP contribution in [0.25, 0.3) is 0 Å². The SMILES string of the molecule is CC1(C(N)=O)CCN(c2ccc(CN)cc2C#N)C1. The fraction of sp³-hybridized carbons (Fsp3) is 0.429. The van der Waals surface area contributed by atoms with Gasteiger partial charge in [-0.2, -0.15) is 5.26 Å². The summed E-state index contributed by atoms with van der Waals surface area (Å²) in [7, 11) is 0. The lowest BCUT2D eigenvalue weighted by atomic mass is 9.89.